The van der Waals surface area contributed by atoms with Crippen LogP contribution in [0, 0.1) is 0 Å². The van der Waals surface area contributed by atoms with Gasteiger partial charge < -0.3 is 14.2 Å². The number of hydrogen-bond acceptors (Lipinski definition) is 4. The van der Waals surface area contributed by atoms with Gasteiger partial charge in [-0.25, -0.2) is 4.98 Å². The predicted molar refractivity (Wildman–Crippen MR) is 101 cm³/mol. The molecule has 0 radical (unpaired) electrons. The van der Waals surface area contributed by atoms with Gasteiger partial charge in [0.05, 0.1) is 37.4 Å². The van der Waals surface area contributed by atoms with Crippen LogP contribution in [0.2, 0.25) is 0 Å². The van der Waals surface area contributed by atoms with Crippen molar-refractivity contribution in [1.82, 2.24) is 4.98 Å². The number of fused-ring (bicyclic) bond motifs is 1. The zero-order valence-corrected chi connectivity index (χ0v) is 14.9. The largest absolute Gasteiger partial charge is 0.497 e. The van der Waals surface area contributed by atoms with Crippen LogP contribution < -0.4 is 14.2 Å². The highest BCUT2D eigenvalue weighted by Gasteiger charge is 2.15. The van der Waals surface area contributed by atoms with E-state index in [2.05, 4.69) is 6.92 Å². The Bertz CT molecular complexity index is 847. The number of pyridine rings is 1. The molecule has 0 N–H and O–H groups in total. The van der Waals surface area contributed by atoms with Crippen LogP contribution in [0.1, 0.15) is 19.8 Å². The van der Waals surface area contributed by atoms with Crippen LogP contribution in [-0.4, -0.2) is 25.8 Å². The number of nitrogens with zero attached hydrogens (tertiary/aromatic N) is 1. The summed E-state index contributed by atoms with van der Waals surface area (Å²) in [5, 5.41) is 0.874. The van der Waals surface area contributed by atoms with Crippen LogP contribution >= 0.6 is 0 Å². The molecule has 4 heteroatoms. The van der Waals surface area contributed by atoms with Crippen LogP contribution in [0.15, 0.2) is 48.5 Å². The first-order valence-corrected chi connectivity index (χ1v) is 8.51. The third-order valence-electron chi connectivity index (χ3n) is 4.09. The van der Waals surface area contributed by atoms with E-state index in [0.717, 1.165) is 40.8 Å². The molecule has 0 saturated carbocycles. The van der Waals surface area contributed by atoms with Crippen molar-refractivity contribution in [3.05, 3.63) is 48.5 Å². The summed E-state index contributed by atoms with van der Waals surface area (Å²) in [7, 11) is 3.29. The van der Waals surface area contributed by atoms with E-state index in [1.54, 1.807) is 14.2 Å². The number of benzene rings is 2. The summed E-state index contributed by atoms with van der Waals surface area (Å²) in [6, 6.07) is 15.9. The number of unbranched alkanes of at least 4 members (excludes halogenated alkanes) is 1. The molecule has 25 heavy (non-hydrogen) atoms. The van der Waals surface area contributed by atoms with Gasteiger partial charge in [-0.3, -0.25) is 0 Å². The first kappa shape index (κ1) is 17.1. The molecule has 0 spiro atoms. The molecule has 0 unspecified atom stereocenters. The maximum absolute atomic E-state index is 6.08. The van der Waals surface area contributed by atoms with Crippen molar-refractivity contribution >= 4 is 10.9 Å². The van der Waals surface area contributed by atoms with E-state index < -0.39 is 0 Å². The summed E-state index contributed by atoms with van der Waals surface area (Å²) >= 11 is 0. The monoisotopic (exact) mass is 337 g/mol. The van der Waals surface area contributed by atoms with Crippen molar-refractivity contribution in [2.75, 3.05) is 20.8 Å². The molecule has 1 aromatic heterocycles. The maximum Gasteiger partial charge on any atom is 0.135 e. The highest BCUT2D eigenvalue weighted by Crippen LogP contribution is 2.39. The third-order valence-corrected chi connectivity index (χ3v) is 4.09. The fourth-order valence-electron chi connectivity index (χ4n) is 2.75. The van der Waals surface area contributed by atoms with Crippen molar-refractivity contribution in [3.63, 3.8) is 0 Å². The van der Waals surface area contributed by atoms with E-state index in [9.17, 15) is 0 Å². The summed E-state index contributed by atoms with van der Waals surface area (Å²) in [4.78, 5) is 4.81. The van der Waals surface area contributed by atoms with E-state index in [1.165, 1.54) is 0 Å². The van der Waals surface area contributed by atoms with Gasteiger partial charge >= 0.3 is 0 Å². The molecule has 1 heterocycles. The maximum atomic E-state index is 6.08. The first-order valence-electron chi connectivity index (χ1n) is 8.51. The van der Waals surface area contributed by atoms with Crippen molar-refractivity contribution < 1.29 is 14.2 Å². The summed E-state index contributed by atoms with van der Waals surface area (Å²) in [6.07, 6.45) is 2.09. The summed E-state index contributed by atoms with van der Waals surface area (Å²) in [5.74, 6) is 2.20. The van der Waals surface area contributed by atoms with Gasteiger partial charge in [0.2, 0.25) is 0 Å². The van der Waals surface area contributed by atoms with Crippen molar-refractivity contribution in [3.8, 4) is 28.5 Å². The second kappa shape index (κ2) is 7.88. The quantitative estimate of drug-likeness (QED) is 0.563. The van der Waals surface area contributed by atoms with Gasteiger partial charge in [-0.15, -0.1) is 0 Å². The minimum atomic E-state index is 0.666. The van der Waals surface area contributed by atoms with Crippen molar-refractivity contribution in [1.29, 1.82) is 0 Å². The molecule has 3 aromatic rings. The average molecular weight is 337 g/mol. The second-order valence-electron chi connectivity index (χ2n) is 5.80. The van der Waals surface area contributed by atoms with Crippen LogP contribution in [0.25, 0.3) is 22.2 Å². The Hall–Kier alpha value is -2.75. The van der Waals surface area contributed by atoms with E-state index in [4.69, 9.17) is 19.2 Å². The van der Waals surface area contributed by atoms with Crippen LogP contribution in [0.5, 0.6) is 17.2 Å². The van der Waals surface area contributed by atoms with Gasteiger partial charge in [0.1, 0.15) is 17.2 Å². The molecule has 0 saturated heterocycles. The average Bonchev–Trinajstić information content (AvgIpc) is 2.67. The Balaban J connectivity index is 2.19. The molecule has 0 fully saturated rings. The van der Waals surface area contributed by atoms with Gasteiger partial charge in [0.15, 0.2) is 0 Å². The number of methoxy groups -OCH3 is 2. The summed E-state index contributed by atoms with van der Waals surface area (Å²) in [5.41, 5.74) is 2.71. The highest BCUT2D eigenvalue weighted by molar-refractivity contribution is 5.94. The molecule has 0 aliphatic rings. The molecule has 0 bridgehead atoms. The van der Waals surface area contributed by atoms with E-state index in [-0.39, 0.29) is 0 Å². The summed E-state index contributed by atoms with van der Waals surface area (Å²) < 4.78 is 17.0. The Morgan fingerprint density at radius 3 is 2.40 bits per heavy atom. The standard InChI is InChI=1S/C21H23NO3/c1-4-5-11-25-20-14-17(15-9-7-6-8-10-15)22-18-12-16(23-2)13-19(24-3)21(18)20/h6-10,12-14H,4-5,11H2,1-3H3. The summed E-state index contributed by atoms with van der Waals surface area (Å²) in [6.45, 7) is 2.81. The van der Waals surface area contributed by atoms with Gasteiger partial charge in [-0.05, 0) is 6.42 Å². The lowest BCUT2D eigenvalue weighted by Gasteiger charge is -2.15. The molecular formula is C21H23NO3. The number of aromatic nitrogens is 1. The minimum absolute atomic E-state index is 0.666. The molecule has 4 nitrogen and oxygen atoms in total. The lowest BCUT2D eigenvalue weighted by Crippen LogP contribution is -2.00. The Morgan fingerprint density at radius 1 is 0.920 bits per heavy atom. The molecule has 0 aliphatic heterocycles. The van der Waals surface area contributed by atoms with Crippen LogP contribution in [-0.2, 0) is 0 Å². The Kier molecular flexibility index (Phi) is 5.39. The Labute approximate surface area is 148 Å². The van der Waals surface area contributed by atoms with E-state index >= 15 is 0 Å². The molecule has 0 aliphatic carbocycles. The Morgan fingerprint density at radius 2 is 1.72 bits per heavy atom. The first-order chi connectivity index (χ1) is 12.3. The van der Waals surface area contributed by atoms with Gasteiger partial charge in [0, 0.05) is 23.8 Å². The topological polar surface area (TPSA) is 40.6 Å². The smallest absolute Gasteiger partial charge is 0.135 e. The van der Waals surface area contributed by atoms with Crippen molar-refractivity contribution in [2.24, 2.45) is 0 Å². The lowest BCUT2D eigenvalue weighted by atomic mass is 10.1. The third kappa shape index (κ3) is 3.68. The number of hydrogen-bond donors (Lipinski definition) is 0. The zero-order chi connectivity index (χ0) is 17.6. The van der Waals surface area contributed by atoms with Crippen LogP contribution in [0.4, 0.5) is 0 Å². The van der Waals surface area contributed by atoms with E-state index in [0.29, 0.717) is 18.1 Å². The molecule has 2 aromatic carbocycles. The fraction of sp³-hybridized carbons (Fsp3) is 0.286. The van der Waals surface area contributed by atoms with Crippen molar-refractivity contribution in [2.45, 2.75) is 19.8 Å². The molecular weight excluding hydrogens is 314 g/mol. The van der Waals surface area contributed by atoms with E-state index in [1.807, 2.05) is 48.5 Å². The zero-order valence-electron chi connectivity index (χ0n) is 14.9. The number of ether oxygens (including phenoxy) is 3. The predicted octanol–water partition coefficient (Wildman–Crippen LogP) is 5.10. The highest BCUT2D eigenvalue weighted by atomic mass is 16.5. The normalized spacial score (nSPS) is 10.7. The van der Waals surface area contributed by atoms with Gasteiger partial charge in [-0.2, -0.15) is 0 Å². The second-order valence-corrected chi connectivity index (χ2v) is 5.80. The van der Waals surface area contributed by atoms with Crippen LogP contribution in [0.3, 0.4) is 0 Å². The fourth-order valence-corrected chi connectivity index (χ4v) is 2.75. The minimum Gasteiger partial charge on any atom is -0.497 e. The molecule has 0 atom stereocenters. The molecule has 3 rings (SSSR count). The molecule has 0 amide bonds. The molecule has 130 valence electrons. The number of rotatable bonds is 7. The lowest BCUT2D eigenvalue weighted by molar-refractivity contribution is 0.311. The van der Waals surface area contributed by atoms with Gasteiger partial charge in [-0.1, -0.05) is 43.7 Å². The SMILES string of the molecule is CCCCOc1cc(-c2ccccc2)nc2cc(OC)cc(OC)c12. The van der Waals surface area contributed by atoms with Gasteiger partial charge in [0.25, 0.3) is 0 Å².